The predicted octanol–water partition coefficient (Wildman–Crippen LogP) is 4.44. The molecule has 10 heteroatoms. The van der Waals surface area contributed by atoms with Crippen LogP contribution in [0.25, 0.3) is 22.4 Å². The van der Waals surface area contributed by atoms with Crippen LogP contribution in [0.15, 0.2) is 56.8 Å². The number of phenolic OH excluding ortho intramolecular Hbond substituents is 2. The molecule has 0 bridgehead atoms. The lowest BCUT2D eigenvalue weighted by Gasteiger charge is -2.11. The monoisotopic (exact) mass is 473 g/mol. The van der Waals surface area contributed by atoms with Crippen molar-refractivity contribution in [2.75, 3.05) is 13.7 Å². The number of phenols is 2. The number of aromatic nitrogens is 3. The van der Waals surface area contributed by atoms with Gasteiger partial charge in [0.1, 0.15) is 5.58 Å². The van der Waals surface area contributed by atoms with Crippen molar-refractivity contribution in [1.82, 2.24) is 14.8 Å². The molecule has 2 aromatic carbocycles. The van der Waals surface area contributed by atoms with E-state index in [9.17, 15) is 15.0 Å². The number of methoxy groups -OCH3 is 1. The Kier molecular flexibility index (Phi) is 6.69. The third kappa shape index (κ3) is 4.74. The molecule has 0 atom stereocenters. The number of fused-ring (bicyclic) bond motifs is 1. The molecular formula is C22H20ClN3O5S. The second-order valence-corrected chi connectivity index (χ2v) is 8.41. The van der Waals surface area contributed by atoms with E-state index in [0.717, 1.165) is 12.0 Å². The van der Waals surface area contributed by atoms with Crippen molar-refractivity contribution < 1.29 is 19.4 Å². The summed E-state index contributed by atoms with van der Waals surface area (Å²) in [6.45, 7) is 1.24. The van der Waals surface area contributed by atoms with Crippen LogP contribution in [0.1, 0.15) is 12.0 Å². The molecule has 0 aliphatic heterocycles. The SMILES string of the molecule is COCCCn1c(SCc2cc(=O)oc3cc(O)c(O)cc23)nnc1-c1ccc(Cl)cc1. The minimum absolute atomic E-state index is 0.201. The maximum absolute atomic E-state index is 12.0. The standard InChI is InChI=1S/C22H20ClN3O5S/c1-30-8-2-7-26-21(13-3-5-15(23)6-4-13)24-25-22(26)32-12-14-9-20(29)31-19-11-18(28)17(27)10-16(14)19/h3-6,9-11,27-28H,2,7-8,12H2,1H3. The highest BCUT2D eigenvalue weighted by atomic mass is 35.5. The quantitative estimate of drug-likeness (QED) is 0.167. The van der Waals surface area contributed by atoms with Gasteiger partial charge in [-0.05, 0) is 42.3 Å². The van der Waals surface area contributed by atoms with E-state index in [1.165, 1.54) is 30.0 Å². The highest BCUT2D eigenvalue weighted by Crippen LogP contribution is 2.34. The van der Waals surface area contributed by atoms with E-state index in [0.29, 0.717) is 45.9 Å². The third-order valence-corrected chi connectivity index (χ3v) is 6.10. The number of aromatic hydroxyl groups is 2. The number of nitrogens with zero attached hydrogens (tertiary/aromatic N) is 3. The molecule has 0 aliphatic rings. The first-order chi connectivity index (χ1) is 15.5. The molecule has 0 radical (unpaired) electrons. The van der Waals surface area contributed by atoms with Gasteiger partial charge in [-0.25, -0.2) is 4.79 Å². The van der Waals surface area contributed by atoms with Crippen LogP contribution in [0.5, 0.6) is 11.5 Å². The van der Waals surface area contributed by atoms with Crippen molar-refractivity contribution in [3.05, 3.63) is 63.5 Å². The molecule has 0 saturated heterocycles. The number of hydrogen-bond acceptors (Lipinski definition) is 8. The van der Waals surface area contributed by atoms with Crippen molar-refractivity contribution in [2.45, 2.75) is 23.9 Å². The fourth-order valence-electron chi connectivity index (χ4n) is 3.29. The van der Waals surface area contributed by atoms with Crippen molar-refractivity contribution in [3.8, 4) is 22.9 Å². The maximum atomic E-state index is 12.0. The van der Waals surface area contributed by atoms with Gasteiger partial charge in [0.05, 0.1) is 0 Å². The molecule has 2 heterocycles. The van der Waals surface area contributed by atoms with Crippen LogP contribution < -0.4 is 5.63 Å². The molecule has 0 spiro atoms. The van der Waals surface area contributed by atoms with E-state index in [1.807, 2.05) is 16.7 Å². The van der Waals surface area contributed by atoms with Crippen LogP contribution in [0.3, 0.4) is 0 Å². The van der Waals surface area contributed by atoms with Gasteiger partial charge >= 0.3 is 5.63 Å². The number of hydrogen-bond donors (Lipinski definition) is 2. The summed E-state index contributed by atoms with van der Waals surface area (Å²) in [5.41, 5.74) is 1.20. The summed E-state index contributed by atoms with van der Waals surface area (Å²) in [6.07, 6.45) is 0.772. The molecule has 166 valence electrons. The summed E-state index contributed by atoms with van der Waals surface area (Å²) < 4.78 is 12.3. The molecule has 2 aromatic heterocycles. The number of ether oxygens (including phenoxy) is 1. The van der Waals surface area contributed by atoms with Gasteiger partial charge in [0.2, 0.25) is 0 Å². The normalized spacial score (nSPS) is 11.3. The lowest BCUT2D eigenvalue weighted by Crippen LogP contribution is -2.06. The minimum atomic E-state index is -0.540. The van der Waals surface area contributed by atoms with E-state index in [4.69, 9.17) is 20.8 Å². The summed E-state index contributed by atoms with van der Waals surface area (Å²) >= 11 is 7.42. The first-order valence-corrected chi connectivity index (χ1v) is 11.1. The number of halogens is 1. The molecule has 4 aromatic rings. The van der Waals surface area contributed by atoms with Gasteiger partial charge in [0.15, 0.2) is 22.5 Å². The summed E-state index contributed by atoms with van der Waals surface area (Å²) in [5, 5.41) is 30.2. The van der Waals surface area contributed by atoms with Crippen LogP contribution >= 0.6 is 23.4 Å². The average Bonchev–Trinajstić information content (AvgIpc) is 3.17. The summed E-state index contributed by atoms with van der Waals surface area (Å²) in [6, 6.07) is 11.4. The molecule has 8 nitrogen and oxygen atoms in total. The largest absolute Gasteiger partial charge is 0.504 e. The highest BCUT2D eigenvalue weighted by molar-refractivity contribution is 7.98. The molecule has 0 fully saturated rings. The Morgan fingerprint density at radius 3 is 2.62 bits per heavy atom. The van der Waals surface area contributed by atoms with Crippen LogP contribution in [-0.2, 0) is 17.0 Å². The Hall–Kier alpha value is -3.01. The van der Waals surface area contributed by atoms with E-state index in [-0.39, 0.29) is 17.1 Å². The van der Waals surface area contributed by atoms with Crippen molar-refractivity contribution in [3.63, 3.8) is 0 Å². The zero-order chi connectivity index (χ0) is 22.7. The number of thioether (sulfide) groups is 1. The Morgan fingerprint density at radius 2 is 1.88 bits per heavy atom. The molecule has 0 aliphatic carbocycles. The summed E-state index contributed by atoms with van der Waals surface area (Å²) in [5.74, 6) is 0.455. The van der Waals surface area contributed by atoms with Crippen LogP contribution in [0, 0.1) is 0 Å². The second-order valence-electron chi connectivity index (χ2n) is 7.03. The van der Waals surface area contributed by atoms with Crippen molar-refractivity contribution >= 4 is 34.3 Å². The van der Waals surface area contributed by atoms with E-state index < -0.39 is 5.63 Å². The predicted molar refractivity (Wildman–Crippen MR) is 122 cm³/mol. The highest BCUT2D eigenvalue weighted by Gasteiger charge is 2.16. The van der Waals surface area contributed by atoms with Crippen LogP contribution in [0.2, 0.25) is 5.02 Å². The topological polar surface area (TPSA) is 111 Å². The van der Waals surface area contributed by atoms with Gasteiger partial charge in [-0.2, -0.15) is 0 Å². The van der Waals surface area contributed by atoms with Crippen LogP contribution in [-0.4, -0.2) is 38.7 Å². The van der Waals surface area contributed by atoms with Gasteiger partial charge in [-0.3, -0.25) is 0 Å². The first kappa shape index (κ1) is 22.2. The molecule has 0 unspecified atom stereocenters. The van der Waals surface area contributed by atoms with E-state index in [2.05, 4.69) is 10.2 Å². The summed E-state index contributed by atoms with van der Waals surface area (Å²) in [7, 11) is 1.65. The third-order valence-electron chi connectivity index (χ3n) is 4.83. The van der Waals surface area contributed by atoms with Gasteiger partial charge < -0.3 is 23.9 Å². The zero-order valence-corrected chi connectivity index (χ0v) is 18.7. The molecular weight excluding hydrogens is 454 g/mol. The van der Waals surface area contributed by atoms with Crippen molar-refractivity contribution in [1.29, 1.82) is 0 Å². The average molecular weight is 474 g/mol. The first-order valence-electron chi connectivity index (χ1n) is 9.76. The van der Waals surface area contributed by atoms with Crippen molar-refractivity contribution in [2.24, 2.45) is 0 Å². The Bertz CT molecular complexity index is 1300. The minimum Gasteiger partial charge on any atom is -0.504 e. The fraction of sp³-hybridized carbons (Fsp3) is 0.227. The molecule has 0 saturated carbocycles. The number of benzene rings is 2. The Labute approximate surface area is 192 Å². The van der Waals surface area contributed by atoms with Gasteiger partial charge in [0.25, 0.3) is 0 Å². The Morgan fingerprint density at radius 1 is 1.12 bits per heavy atom. The van der Waals surface area contributed by atoms with E-state index >= 15 is 0 Å². The molecule has 4 rings (SSSR count). The zero-order valence-electron chi connectivity index (χ0n) is 17.1. The molecule has 2 N–H and O–H groups in total. The van der Waals surface area contributed by atoms with E-state index in [1.54, 1.807) is 19.2 Å². The lowest BCUT2D eigenvalue weighted by atomic mass is 10.1. The van der Waals surface area contributed by atoms with Gasteiger partial charge in [0, 0.05) is 54.1 Å². The maximum Gasteiger partial charge on any atom is 0.336 e. The van der Waals surface area contributed by atoms with Gasteiger partial charge in [-0.15, -0.1) is 10.2 Å². The number of rotatable bonds is 8. The lowest BCUT2D eigenvalue weighted by molar-refractivity contribution is 0.189. The molecule has 32 heavy (non-hydrogen) atoms. The summed E-state index contributed by atoms with van der Waals surface area (Å²) in [4.78, 5) is 12.0. The molecule has 0 amide bonds. The van der Waals surface area contributed by atoms with Gasteiger partial charge in [-0.1, -0.05) is 23.4 Å². The second kappa shape index (κ2) is 9.64. The Balaban J connectivity index is 1.66. The fourth-order valence-corrected chi connectivity index (χ4v) is 4.37. The van der Waals surface area contributed by atoms with Crippen LogP contribution in [0.4, 0.5) is 0 Å². The smallest absolute Gasteiger partial charge is 0.336 e.